The van der Waals surface area contributed by atoms with Crippen molar-refractivity contribution in [3.63, 3.8) is 0 Å². The average molecular weight is 366 g/mol. The molecule has 1 aliphatic heterocycles. The maximum absolute atomic E-state index is 14.0. The number of benzene rings is 2. The van der Waals surface area contributed by atoms with Gasteiger partial charge in [-0.1, -0.05) is 24.3 Å². The van der Waals surface area contributed by atoms with Gasteiger partial charge in [-0.05, 0) is 49.2 Å². The Bertz CT molecular complexity index is 833. The maximum atomic E-state index is 14.0. The van der Waals surface area contributed by atoms with Gasteiger partial charge in [-0.3, -0.25) is 10.2 Å². The molecular formula is C19H21F3N2O2. The second kappa shape index (κ2) is 6.46. The quantitative estimate of drug-likeness (QED) is 0.881. The summed E-state index contributed by atoms with van der Waals surface area (Å²) in [5.74, 6) is 0.0983. The minimum absolute atomic E-state index is 0.0302. The minimum Gasteiger partial charge on any atom is -0.494 e. The van der Waals surface area contributed by atoms with Gasteiger partial charge in [0.1, 0.15) is 5.75 Å². The molecule has 0 aliphatic carbocycles. The van der Waals surface area contributed by atoms with E-state index in [4.69, 9.17) is 4.74 Å². The smallest absolute Gasteiger partial charge is 0.409 e. The molecule has 4 nitrogen and oxygen atoms in total. The van der Waals surface area contributed by atoms with Gasteiger partial charge in [0.2, 0.25) is 5.91 Å². The number of hydrazine groups is 1. The Kier molecular flexibility index (Phi) is 4.60. The minimum atomic E-state index is -4.55. The molecule has 1 N–H and O–H groups in total. The first-order chi connectivity index (χ1) is 12.1. The van der Waals surface area contributed by atoms with E-state index in [1.807, 2.05) is 6.92 Å². The number of nitrogens with zero attached hydrogens (tertiary/aromatic N) is 1. The predicted molar refractivity (Wildman–Crippen MR) is 92.5 cm³/mol. The van der Waals surface area contributed by atoms with E-state index in [1.165, 1.54) is 6.07 Å². The summed E-state index contributed by atoms with van der Waals surface area (Å²) in [4.78, 5) is 12.0. The molecule has 0 radical (unpaired) electrons. The molecule has 0 saturated carbocycles. The van der Waals surface area contributed by atoms with Crippen molar-refractivity contribution in [2.75, 3.05) is 13.2 Å². The van der Waals surface area contributed by atoms with E-state index in [-0.39, 0.29) is 12.1 Å². The van der Waals surface area contributed by atoms with Crippen LogP contribution in [-0.2, 0) is 4.79 Å². The van der Waals surface area contributed by atoms with Crippen molar-refractivity contribution in [1.29, 1.82) is 0 Å². The highest BCUT2D eigenvalue weighted by Crippen LogP contribution is 2.43. The van der Waals surface area contributed by atoms with Crippen molar-refractivity contribution in [2.24, 2.45) is 5.41 Å². The molecule has 0 bridgehead atoms. The van der Waals surface area contributed by atoms with Crippen molar-refractivity contribution in [2.45, 2.75) is 33.0 Å². The van der Waals surface area contributed by atoms with Crippen molar-refractivity contribution < 1.29 is 22.7 Å². The van der Waals surface area contributed by atoms with Gasteiger partial charge in [0.25, 0.3) is 0 Å². The van der Waals surface area contributed by atoms with E-state index in [0.29, 0.717) is 23.1 Å². The van der Waals surface area contributed by atoms with Gasteiger partial charge < -0.3 is 4.74 Å². The fourth-order valence-electron chi connectivity index (χ4n) is 3.27. The van der Waals surface area contributed by atoms with Crippen molar-refractivity contribution in [1.82, 2.24) is 10.4 Å². The second-order valence-corrected chi connectivity index (χ2v) is 7.06. The van der Waals surface area contributed by atoms with E-state index in [0.717, 1.165) is 5.01 Å². The van der Waals surface area contributed by atoms with Gasteiger partial charge in [-0.15, -0.1) is 0 Å². The van der Waals surface area contributed by atoms with Gasteiger partial charge in [0.15, 0.2) is 6.04 Å². The van der Waals surface area contributed by atoms with Crippen LogP contribution >= 0.6 is 0 Å². The Morgan fingerprint density at radius 1 is 1.27 bits per heavy atom. The highest BCUT2D eigenvalue weighted by molar-refractivity contribution is 5.88. The number of rotatable bonds is 4. The van der Waals surface area contributed by atoms with Crippen LogP contribution in [0.3, 0.4) is 0 Å². The first kappa shape index (κ1) is 18.5. The molecule has 1 heterocycles. The highest BCUT2D eigenvalue weighted by atomic mass is 19.4. The number of amides is 1. The Morgan fingerprint density at radius 3 is 2.58 bits per heavy atom. The van der Waals surface area contributed by atoms with E-state index in [2.05, 4.69) is 5.43 Å². The molecule has 0 aromatic heterocycles. The monoisotopic (exact) mass is 366 g/mol. The Morgan fingerprint density at radius 2 is 2.00 bits per heavy atom. The van der Waals surface area contributed by atoms with Crippen LogP contribution in [0.25, 0.3) is 10.8 Å². The molecule has 3 rings (SSSR count). The molecule has 0 unspecified atom stereocenters. The summed E-state index contributed by atoms with van der Waals surface area (Å²) in [6.07, 6.45) is -4.55. The van der Waals surface area contributed by atoms with Gasteiger partial charge in [0, 0.05) is 6.54 Å². The lowest BCUT2D eigenvalue weighted by molar-refractivity contribution is -0.191. The molecule has 2 aromatic rings. The second-order valence-electron chi connectivity index (χ2n) is 7.06. The zero-order valence-corrected chi connectivity index (χ0v) is 14.9. The van der Waals surface area contributed by atoms with Crippen LogP contribution in [-0.4, -0.2) is 30.2 Å². The maximum Gasteiger partial charge on any atom is 0.409 e. The molecular weight excluding hydrogens is 345 g/mol. The molecule has 26 heavy (non-hydrogen) atoms. The molecule has 2 aromatic carbocycles. The van der Waals surface area contributed by atoms with Crippen LogP contribution in [0.1, 0.15) is 32.4 Å². The third-order valence-electron chi connectivity index (χ3n) is 4.54. The summed E-state index contributed by atoms with van der Waals surface area (Å²) >= 11 is 0. The van der Waals surface area contributed by atoms with Crippen LogP contribution in [0.15, 0.2) is 36.4 Å². The number of carbonyl (C=O) groups is 1. The van der Waals surface area contributed by atoms with Gasteiger partial charge in [0.05, 0.1) is 12.0 Å². The fraction of sp³-hybridized carbons (Fsp3) is 0.421. The summed E-state index contributed by atoms with van der Waals surface area (Å²) in [7, 11) is 0. The molecule has 1 fully saturated rings. The molecule has 140 valence electrons. The Hall–Kier alpha value is -2.28. The number of alkyl halides is 3. The number of hydrogen-bond donors (Lipinski definition) is 1. The fourth-order valence-corrected chi connectivity index (χ4v) is 3.27. The van der Waals surface area contributed by atoms with Crippen LogP contribution in [0, 0.1) is 5.41 Å². The van der Waals surface area contributed by atoms with Crippen LogP contribution < -0.4 is 10.2 Å². The topological polar surface area (TPSA) is 41.6 Å². The third-order valence-corrected chi connectivity index (χ3v) is 4.54. The normalized spacial score (nSPS) is 18.8. The van der Waals surface area contributed by atoms with Gasteiger partial charge >= 0.3 is 6.18 Å². The average Bonchev–Trinajstić information content (AvgIpc) is 2.80. The SMILES string of the molecule is CCOc1ccc2cccc([C@H](N3CC(C)(C)C(=O)N3)C(F)(F)F)c2c1. The number of halogens is 3. The van der Waals surface area contributed by atoms with Crippen LogP contribution in [0.4, 0.5) is 13.2 Å². The van der Waals surface area contributed by atoms with E-state index < -0.39 is 23.5 Å². The number of fused-ring (bicyclic) bond motifs is 1. The number of carbonyl (C=O) groups excluding carboxylic acids is 1. The van der Waals surface area contributed by atoms with Crippen LogP contribution in [0.2, 0.25) is 0 Å². The summed E-state index contributed by atoms with van der Waals surface area (Å²) in [6, 6.07) is 7.97. The summed E-state index contributed by atoms with van der Waals surface area (Å²) in [5, 5.41) is 2.13. The van der Waals surface area contributed by atoms with E-state index in [9.17, 15) is 18.0 Å². The van der Waals surface area contributed by atoms with E-state index >= 15 is 0 Å². The molecule has 1 amide bonds. The molecule has 1 saturated heterocycles. The van der Waals surface area contributed by atoms with Gasteiger partial charge in [-0.2, -0.15) is 13.2 Å². The lowest BCUT2D eigenvalue weighted by Crippen LogP contribution is -2.43. The van der Waals surface area contributed by atoms with Crippen molar-refractivity contribution in [3.05, 3.63) is 42.0 Å². The standard InChI is InChI=1S/C19H21F3N2O2/c1-4-26-13-9-8-12-6-5-7-14(15(12)10-13)16(19(20,21)22)24-11-18(2,3)17(25)23-24/h5-10,16H,4,11H2,1-3H3,(H,23,25)/t16-/m0/s1. The number of ether oxygens (including phenoxy) is 1. The lowest BCUT2D eigenvalue weighted by Gasteiger charge is -2.30. The van der Waals surface area contributed by atoms with Crippen molar-refractivity contribution >= 4 is 16.7 Å². The van der Waals surface area contributed by atoms with Gasteiger partial charge in [-0.25, -0.2) is 5.01 Å². The predicted octanol–water partition coefficient (Wildman–Crippen LogP) is 4.21. The zero-order valence-electron chi connectivity index (χ0n) is 14.9. The number of hydrogen-bond acceptors (Lipinski definition) is 3. The molecule has 7 heteroatoms. The third kappa shape index (κ3) is 3.35. The molecule has 1 atom stereocenters. The van der Waals surface area contributed by atoms with Crippen molar-refractivity contribution in [3.8, 4) is 5.75 Å². The lowest BCUT2D eigenvalue weighted by atomic mass is 9.93. The summed E-state index contributed by atoms with van der Waals surface area (Å²) in [6.45, 7) is 5.47. The zero-order chi connectivity index (χ0) is 19.1. The summed E-state index contributed by atoms with van der Waals surface area (Å²) in [5.41, 5.74) is 1.60. The number of nitrogens with one attached hydrogen (secondary N) is 1. The first-order valence-electron chi connectivity index (χ1n) is 8.43. The molecule has 1 aliphatic rings. The Labute approximate surface area is 149 Å². The Balaban J connectivity index is 2.13. The summed E-state index contributed by atoms with van der Waals surface area (Å²) < 4.78 is 47.4. The first-order valence-corrected chi connectivity index (χ1v) is 8.43. The van der Waals surface area contributed by atoms with Crippen LogP contribution in [0.5, 0.6) is 5.75 Å². The van der Waals surface area contributed by atoms with E-state index in [1.54, 1.807) is 44.2 Å². The highest BCUT2D eigenvalue weighted by Gasteiger charge is 2.51. The molecule has 0 spiro atoms. The largest absolute Gasteiger partial charge is 0.494 e.